The number of pyridine rings is 1. The lowest BCUT2D eigenvalue weighted by atomic mass is 10.1. The van der Waals surface area contributed by atoms with Gasteiger partial charge in [-0.15, -0.1) is 0 Å². The zero-order valence-electron chi connectivity index (χ0n) is 8.77. The summed E-state index contributed by atoms with van der Waals surface area (Å²) in [5, 5.41) is 0. The van der Waals surface area contributed by atoms with Crippen LogP contribution in [0.4, 0.5) is 10.1 Å². The number of hydrogen-bond acceptors (Lipinski definition) is 3. The number of nitrogens with two attached hydrogens (primary N) is 1. The van der Waals surface area contributed by atoms with Crippen molar-refractivity contribution >= 4 is 5.69 Å². The van der Waals surface area contributed by atoms with E-state index in [9.17, 15) is 4.39 Å². The van der Waals surface area contributed by atoms with Gasteiger partial charge in [0.15, 0.2) is 0 Å². The van der Waals surface area contributed by atoms with Gasteiger partial charge >= 0.3 is 0 Å². The van der Waals surface area contributed by atoms with Crippen LogP contribution >= 0.6 is 0 Å². The second-order valence-electron chi connectivity index (χ2n) is 3.35. The van der Waals surface area contributed by atoms with Crippen molar-refractivity contribution in [3.05, 3.63) is 42.5 Å². The third-order valence-corrected chi connectivity index (χ3v) is 2.28. The molecule has 0 unspecified atom stereocenters. The second kappa shape index (κ2) is 4.18. The highest BCUT2D eigenvalue weighted by molar-refractivity contribution is 5.76. The van der Waals surface area contributed by atoms with Crippen LogP contribution in [0, 0.1) is 5.82 Å². The number of anilines is 1. The van der Waals surface area contributed by atoms with E-state index in [0.29, 0.717) is 17.0 Å². The quantitative estimate of drug-likeness (QED) is 0.788. The van der Waals surface area contributed by atoms with E-state index in [4.69, 9.17) is 10.5 Å². The number of methoxy groups -OCH3 is 1. The first-order chi connectivity index (χ1) is 7.70. The van der Waals surface area contributed by atoms with Crippen LogP contribution < -0.4 is 10.5 Å². The maximum absolute atomic E-state index is 13.1. The number of halogens is 1. The van der Waals surface area contributed by atoms with Gasteiger partial charge in [0.1, 0.15) is 11.6 Å². The third kappa shape index (κ3) is 1.95. The van der Waals surface area contributed by atoms with Gasteiger partial charge in [-0.05, 0) is 24.3 Å². The molecule has 82 valence electrons. The summed E-state index contributed by atoms with van der Waals surface area (Å²) in [6.45, 7) is 0. The fourth-order valence-corrected chi connectivity index (χ4v) is 1.46. The Morgan fingerprint density at radius 3 is 2.81 bits per heavy atom. The summed E-state index contributed by atoms with van der Waals surface area (Å²) < 4.78 is 18.2. The highest BCUT2D eigenvalue weighted by Gasteiger charge is 2.05. The van der Waals surface area contributed by atoms with Crippen molar-refractivity contribution in [1.82, 2.24) is 4.98 Å². The molecule has 0 aliphatic heterocycles. The molecule has 16 heavy (non-hydrogen) atoms. The molecule has 0 aliphatic rings. The van der Waals surface area contributed by atoms with Gasteiger partial charge < -0.3 is 10.5 Å². The molecule has 1 heterocycles. The summed E-state index contributed by atoms with van der Waals surface area (Å²) >= 11 is 0. The number of rotatable bonds is 2. The Morgan fingerprint density at radius 1 is 1.25 bits per heavy atom. The third-order valence-electron chi connectivity index (χ3n) is 2.28. The Labute approximate surface area is 92.7 Å². The van der Waals surface area contributed by atoms with Gasteiger partial charge in [-0.1, -0.05) is 0 Å². The van der Waals surface area contributed by atoms with E-state index in [1.807, 2.05) is 0 Å². The molecule has 4 heteroatoms. The molecular weight excluding hydrogens is 207 g/mol. The minimum absolute atomic E-state index is 0.327. The van der Waals surface area contributed by atoms with Crippen molar-refractivity contribution in [3.8, 4) is 16.9 Å². The maximum atomic E-state index is 13.1. The van der Waals surface area contributed by atoms with Crippen LogP contribution in [0.3, 0.4) is 0 Å². The molecule has 0 bridgehead atoms. The normalized spacial score (nSPS) is 10.1. The molecule has 1 aromatic carbocycles. The van der Waals surface area contributed by atoms with Crippen LogP contribution in [0.25, 0.3) is 11.1 Å². The molecule has 3 nitrogen and oxygen atoms in total. The van der Waals surface area contributed by atoms with Crippen molar-refractivity contribution < 1.29 is 9.13 Å². The molecule has 0 saturated carbocycles. The van der Waals surface area contributed by atoms with E-state index >= 15 is 0 Å². The largest absolute Gasteiger partial charge is 0.495 e. The van der Waals surface area contributed by atoms with Gasteiger partial charge in [-0.2, -0.15) is 0 Å². The van der Waals surface area contributed by atoms with Crippen LogP contribution in [-0.2, 0) is 0 Å². The fraction of sp³-hybridized carbons (Fsp3) is 0.0833. The van der Waals surface area contributed by atoms with Crippen LogP contribution in [0.5, 0.6) is 5.75 Å². The minimum atomic E-state index is -0.327. The topological polar surface area (TPSA) is 48.1 Å². The van der Waals surface area contributed by atoms with Crippen LogP contribution in [0.15, 0.2) is 36.7 Å². The van der Waals surface area contributed by atoms with E-state index in [2.05, 4.69) is 4.98 Å². The first kappa shape index (κ1) is 10.4. The number of nitrogen functional groups attached to an aromatic ring is 1. The number of hydrogen-bond donors (Lipinski definition) is 1. The highest BCUT2D eigenvalue weighted by Crippen LogP contribution is 2.28. The van der Waals surface area contributed by atoms with Crippen molar-refractivity contribution in [2.45, 2.75) is 0 Å². The predicted octanol–water partition coefficient (Wildman–Crippen LogP) is 2.48. The van der Waals surface area contributed by atoms with Crippen LogP contribution in [0.2, 0.25) is 0 Å². The van der Waals surface area contributed by atoms with Gasteiger partial charge in [0.2, 0.25) is 0 Å². The smallest absolute Gasteiger partial charge is 0.137 e. The molecule has 2 aromatic rings. The van der Waals surface area contributed by atoms with Gasteiger partial charge in [-0.3, -0.25) is 4.98 Å². The lowest BCUT2D eigenvalue weighted by molar-refractivity contribution is 0.413. The summed E-state index contributed by atoms with van der Waals surface area (Å²) in [4.78, 5) is 4.00. The van der Waals surface area contributed by atoms with E-state index < -0.39 is 0 Å². The molecule has 0 fully saturated rings. The summed E-state index contributed by atoms with van der Waals surface area (Å²) in [6.07, 6.45) is 3.20. The molecule has 0 radical (unpaired) electrons. The van der Waals surface area contributed by atoms with Crippen LogP contribution in [-0.4, -0.2) is 12.1 Å². The molecule has 2 rings (SSSR count). The Kier molecular flexibility index (Phi) is 2.72. The predicted molar refractivity (Wildman–Crippen MR) is 60.6 cm³/mol. The highest BCUT2D eigenvalue weighted by atomic mass is 19.1. The standard InChI is InChI=1S/C12H11FN2O/c1-16-10-4-8(6-15-7-10)11-5-9(13)2-3-12(11)14/h2-7H,14H2,1H3. The fourth-order valence-electron chi connectivity index (χ4n) is 1.46. The zero-order chi connectivity index (χ0) is 11.5. The average molecular weight is 218 g/mol. The second-order valence-corrected chi connectivity index (χ2v) is 3.35. The molecule has 0 spiro atoms. The average Bonchev–Trinajstić information content (AvgIpc) is 2.32. The number of nitrogens with zero attached hydrogens (tertiary/aromatic N) is 1. The molecule has 0 amide bonds. The molecule has 2 N–H and O–H groups in total. The lowest BCUT2D eigenvalue weighted by Crippen LogP contribution is -1.92. The van der Waals surface area contributed by atoms with E-state index in [1.54, 1.807) is 25.6 Å². The van der Waals surface area contributed by atoms with Gasteiger partial charge in [-0.25, -0.2) is 4.39 Å². The Hall–Kier alpha value is -2.10. The van der Waals surface area contributed by atoms with Gasteiger partial charge in [0, 0.05) is 23.0 Å². The van der Waals surface area contributed by atoms with Crippen molar-refractivity contribution in [3.63, 3.8) is 0 Å². The molecule has 1 aromatic heterocycles. The first-order valence-corrected chi connectivity index (χ1v) is 4.75. The maximum Gasteiger partial charge on any atom is 0.137 e. The monoisotopic (exact) mass is 218 g/mol. The summed E-state index contributed by atoms with van der Waals surface area (Å²) in [7, 11) is 1.55. The molecule has 0 saturated heterocycles. The van der Waals surface area contributed by atoms with Crippen LogP contribution in [0.1, 0.15) is 0 Å². The van der Waals surface area contributed by atoms with Gasteiger partial charge in [0.05, 0.1) is 13.3 Å². The van der Waals surface area contributed by atoms with E-state index in [-0.39, 0.29) is 5.82 Å². The SMILES string of the molecule is COc1cncc(-c2cc(F)ccc2N)c1. The molecular formula is C12H11FN2O. The lowest BCUT2D eigenvalue weighted by Gasteiger charge is -2.07. The van der Waals surface area contributed by atoms with E-state index in [1.165, 1.54) is 18.2 Å². The zero-order valence-corrected chi connectivity index (χ0v) is 8.77. The number of aromatic nitrogens is 1. The Balaban J connectivity index is 2.53. The molecule has 0 aliphatic carbocycles. The summed E-state index contributed by atoms with van der Waals surface area (Å²) in [5.74, 6) is 0.285. The van der Waals surface area contributed by atoms with Crippen molar-refractivity contribution in [2.75, 3.05) is 12.8 Å². The Bertz CT molecular complexity index is 514. The first-order valence-electron chi connectivity index (χ1n) is 4.75. The van der Waals surface area contributed by atoms with Crippen molar-refractivity contribution in [2.24, 2.45) is 0 Å². The number of benzene rings is 1. The van der Waals surface area contributed by atoms with Gasteiger partial charge in [0.25, 0.3) is 0 Å². The minimum Gasteiger partial charge on any atom is -0.495 e. The Morgan fingerprint density at radius 2 is 2.06 bits per heavy atom. The van der Waals surface area contributed by atoms with E-state index in [0.717, 1.165) is 5.56 Å². The molecule has 0 atom stereocenters. The summed E-state index contributed by atoms with van der Waals surface area (Å²) in [6, 6.07) is 6.00. The number of ether oxygens (including phenoxy) is 1. The summed E-state index contributed by atoms with van der Waals surface area (Å²) in [5.41, 5.74) is 7.64. The van der Waals surface area contributed by atoms with Crippen molar-refractivity contribution in [1.29, 1.82) is 0 Å².